The molecular weight excluding hydrogens is 338 g/mol. The second-order valence-electron chi connectivity index (χ2n) is 6.02. The number of carbonyl (C=O) groups is 2. The predicted octanol–water partition coefficient (Wildman–Crippen LogP) is 4.90. The fourth-order valence-electron chi connectivity index (χ4n) is 2.80. The van der Waals surface area contributed by atoms with Crippen LogP contribution in [-0.4, -0.2) is 18.4 Å². The molecule has 27 heavy (non-hydrogen) atoms. The van der Waals surface area contributed by atoms with Crippen molar-refractivity contribution < 1.29 is 14.3 Å². The highest BCUT2D eigenvalue weighted by atomic mass is 16.5. The van der Waals surface area contributed by atoms with Crippen LogP contribution in [0.1, 0.15) is 39.2 Å². The van der Waals surface area contributed by atoms with Crippen molar-refractivity contribution in [2.75, 3.05) is 11.9 Å². The standard InChI is InChI=1S/C23H21NO3/c1-2-27-23(26)19-13-15-20(16-14-19)24-21(17-9-5-3-6-10-17)22(25)18-11-7-4-8-12-18/h3-16,21,24H,2H2,1H3/t21-/m0/s1. The van der Waals surface area contributed by atoms with Crippen LogP contribution in [0.5, 0.6) is 0 Å². The molecule has 0 spiro atoms. The number of Topliss-reactive ketones (excluding diaryl/α,β-unsaturated/α-hetero) is 1. The van der Waals surface area contributed by atoms with Gasteiger partial charge >= 0.3 is 5.97 Å². The van der Waals surface area contributed by atoms with E-state index < -0.39 is 6.04 Å². The van der Waals surface area contributed by atoms with Crippen molar-refractivity contribution in [2.24, 2.45) is 0 Å². The second-order valence-corrected chi connectivity index (χ2v) is 6.02. The number of benzene rings is 3. The van der Waals surface area contributed by atoms with Crippen molar-refractivity contribution in [1.29, 1.82) is 0 Å². The number of ketones is 1. The average molecular weight is 359 g/mol. The molecule has 0 saturated heterocycles. The number of nitrogens with one attached hydrogen (secondary N) is 1. The van der Waals surface area contributed by atoms with Gasteiger partial charge in [0.05, 0.1) is 12.2 Å². The summed E-state index contributed by atoms with van der Waals surface area (Å²) in [4.78, 5) is 24.9. The van der Waals surface area contributed by atoms with Crippen molar-refractivity contribution in [3.05, 3.63) is 102 Å². The lowest BCUT2D eigenvalue weighted by atomic mass is 9.97. The minimum atomic E-state index is -0.526. The van der Waals surface area contributed by atoms with Crippen LogP contribution in [0.4, 0.5) is 5.69 Å². The van der Waals surface area contributed by atoms with Gasteiger partial charge in [-0.1, -0.05) is 60.7 Å². The number of ether oxygens (including phenoxy) is 1. The Morgan fingerprint density at radius 1 is 0.815 bits per heavy atom. The Kier molecular flexibility index (Phi) is 6.00. The highest BCUT2D eigenvalue weighted by Crippen LogP contribution is 2.24. The van der Waals surface area contributed by atoms with Crippen molar-refractivity contribution in [1.82, 2.24) is 0 Å². The summed E-state index contributed by atoms with van der Waals surface area (Å²) in [6.45, 7) is 2.11. The summed E-state index contributed by atoms with van der Waals surface area (Å²) in [5, 5.41) is 3.29. The van der Waals surface area contributed by atoms with E-state index in [1.54, 1.807) is 31.2 Å². The molecule has 3 aromatic carbocycles. The van der Waals surface area contributed by atoms with Gasteiger partial charge in [-0.25, -0.2) is 4.79 Å². The molecule has 0 heterocycles. The maximum Gasteiger partial charge on any atom is 0.338 e. The van der Waals surface area contributed by atoms with Crippen LogP contribution in [0.3, 0.4) is 0 Å². The summed E-state index contributed by atoms with van der Waals surface area (Å²) in [6.07, 6.45) is 0. The fraction of sp³-hybridized carbons (Fsp3) is 0.130. The first kappa shape index (κ1) is 18.4. The quantitative estimate of drug-likeness (QED) is 0.481. The smallest absolute Gasteiger partial charge is 0.338 e. The number of hydrogen-bond acceptors (Lipinski definition) is 4. The van der Waals surface area contributed by atoms with E-state index in [9.17, 15) is 9.59 Å². The van der Waals surface area contributed by atoms with Crippen LogP contribution in [0.15, 0.2) is 84.9 Å². The van der Waals surface area contributed by atoms with Crippen molar-refractivity contribution in [2.45, 2.75) is 13.0 Å². The Balaban J connectivity index is 1.86. The molecule has 0 radical (unpaired) electrons. The van der Waals surface area contributed by atoms with Crippen molar-refractivity contribution in [3.8, 4) is 0 Å². The molecule has 0 saturated carbocycles. The first-order chi connectivity index (χ1) is 13.2. The number of hydrogen-bond donors (Lipinski definition) is 1. The van der Waals surface area contributed by atoms with E-state index in [0.29, 0.717) is 17.7 Å². The third-order valence-electron chi connectivity index (χ3n) is 4.16. The Bertz CT molecular complexity index is 890. The molecule has 1 N–H and O–H groups in total. The lowest BCUT2D eigenvalue weighted by Crippen LogP contribution is -2.21. The van der Waals surface area contributed by atoms with Crippen LogP contribution in [0.25, 0.3) is 0 Å². The highest BCUT2D eigenvalue weighted by molar-refractivity contribution is 6.02. The van der Waals surface area contributed by atoms with Crippen molar-refractivity contribution >= 4 is 17.4 Å². The number of rotatable bonds is 7. The Morgan fingerprint density at radius 3 is 2.00 bits per heavy atom. The predicted molar refractivity (Wildman–Crippen MR) is 106 cm³/mol. The largest absolute Gasteiger partial charge is 0.462 e. The first-order valence-electron chi connectivity index (χ1n) is 8.87. The summed E-state index contributed by atoms with van der Waals surface area (Å²) < 4.78 is 5.00. The van der Waals surface area contributed by atoms with Gasteiger partial charge in [0.1, 0.15) is 6.04 Å². The molecule has 0 aliphatic rings. The second kappa shape index (κ2) is 8.81. The first-order valence-corrected chi connectivity index (χ1v) is 8.87. The van der Waals surface area contributed by atoms with E-state index in [0.717, 1.165) is 11.3 Å². The third kappa shape index (κ3) is 4.61. The van der Waals surface area contributed by atoms with Crippen molar-refractivity contribution in [3.63, 3.8) is 0 Å². The molecule has 3 rings (SSSR count). The van der Waals surface area contributed by atoms with Gasteiger partial charge in [0.15, 0.2) is 5.78 Å². The van der Waals surface area contributed by atoms with E-state index in [4.69, 9.17) is 4.74 Å². The Hall–Kier alpha value is -3.40. The van der Waals surface area contributed by atoms with Crippen LogP contribution < -0.4 is 5.32 Å². The summed E-state index contributed by atoms with van der Waals surface area (Å²) >= 11 is 0. The molecule has 0 bridgehead atoms. The van der Waals surface area contributed by atoms with Gasteiger partial charge in [-0.3, -0.25) is 4.79 Å². The van der Waals surface area contributed by atoms with Gasteiger partial charge in [-0.2, -0.15) is 0 Å². The minimum absolute atomic E-state index is 0.0173. The average Bonchev–Trinajstić information content (AvgIpc) is 2.73. The van der Waals surface area contributed by atoms with E-state index >= 15 is 0 Å². The summed E-state index contributed by atoms with van der Waals surface area (Å²) in [5.74, 6) is -0.375. The number of carbonyl (C=O) groups excluding carboxylic acids is 2. The van der Waals surface area contributed by atoms with Gasteiger partial charge in [-0.05, 0) is 36.8 Å². The zero-order chi connectivity index (χ0) is 19.1. The van der Waals surface area contributed by atoms with E-state index in [1.807, 2.05) is 60.7 Å². The summed E-state index contributed by atoms with van der Waals surface area (Å²) in [5.41, 5.74) is 2.75. The number of esters is 1. The normalized spacial score (nSPS) is 11.4. The molecule has 0 aromatic heterocycles. The van der Waals surface area contributed by atoms with Gasteiger partial charge in [0.25, 0.3) is 0 Å². The minimum Gasteiger partial charge on any atom is -0.462 e. The lowest BCUT2D eigenvalue weighted by molar-refractivity contribution is 0.0526. The Labute approximate surface area is 158 Å². The summed E-state index contributed by atoms with van der Waals surface area (Å²) in [6, 6.07) is 25.2. The molecule has 3 aromatic rings. The maximum absolute atomic E-state index is 13.1. The third-order valence-corrected chi connectivity index (χ3v) is 4.16. The maximum atomic E-state index is 13.1. The molecule has 4 heteroatoms. The summed E-state index contributed by atoms with van der Waals surface area (Å²) in [7, 11) is 0. The van der Waals surface area contributed by atoms with Crippen LogP contribution in [0.2, 0.25) is 0 Å². The van der Waals surface area contributed by atoms with Gasteiger partial charge in [-0.15, -0.1) is 0 Å². The molecule has 0 aliphatic carbocycles. The molecule has 0 aliphatic heterocycles. The molecule has 0 unspecified atom stereocenters. The van der Waals surface area contributed by atoms with E-state index in [1.165, 1.54) is 0 Å². The molecule has 0 amide bonds. The lowest BCUT2D eigenvalue weighted by Gasteiger charge is -2.19. The fourth-order valence-corrected chi connectivity index (χ4v) is 2.80. The topological polar surface area (TPSA) is 55.4 Å². The monoisotopic (exact) mass is 359 g/mol. The Morgan fingerprint density at radius 2 is 1.41 bits per heavy atom. The zero-order valence-electron chi connectivity index (χ0n) is 15.1. The van der Waals surface area contributed by atoms with Gasteiger partial charge in [0, 0.05) is 11.3 Å². The number of anilines is 1. The zero-order valence-corrected chi connectivity index (χ0v) is 15.1. The van der Waals surface area contributed by atoms with Crippen LogP contribution in [0, 0.1) is 0 Å². The van der Waals surface area contributed by atoms with Crippen LogP contribution in [-0.2, 0) is 4.74 Å². The molecular formula is C23H21NO3. The SMILES string of the molecule is CCOC(=O)c1ccc(N[C@H](C(=O)c2ccccc2)c2ccccc2)cc1. The van der Waals surface area contributed by atoms with Gasteiger partial charge < -0.3 is 10.1 Å². The highest BCUT2D eigenvalue weighted by Gasteiger charge is 2.22. The molecule has 136 valence electrons. The van der Waals surface area contributed by atoms with Gasteiger partial charge in [0.2, 0.25) is 0 Å². The molecule has 1 atom stereocenters. The van der Waals surface area contributed by atoms with E-state index in [-0.39, 0.29) is 11.8 Å². The molecule has 0 fully saturated rings. The molecule has 4 nitrogen and oxygen atoms in total. The van der Waals surface area contributed by atoms with E-state index in [2.05, 4.69) is 5.32 Å². The van der Waals surface area contributed by atoms with Crippen LogP contribution >= 0.6 is 0 Å².